The molecule has 0 spiro atoms. The predicted molar refractivity (Wildman–Crippen MR) is 111 cm³/mol. The third-order valence-electron chi connectivity index (χ3n) is 6.11. The van der Waals surface area contributed by atoms with Crippen LogP contribution in [0.1, 0.15) is 45.9 Å². The number of hydrogen-bond acceptors (Lipinski definition) is 3. The van der Waals surface area contributed by atoms with E-state index in [-0.39, 0.29) is 11.6 Å². The number of halogens is 3. The summed E-state index contributed by atoms with van der Waals surface area (Å²) in [5, 5.41) is 2.87. The molecule has 1 fully saturated rings. The van der Waals surface area contributed by atoms with E-state index in [4.69, 9.17) is 0 Å². The number of hydrogen-bond donors (Lipinski definition) is 1. The molecule has 4 nitrogen and oxygen atoms in total. The molecule has 4 rings (SSSR count). The van der Waals surface area contributed by atoms with Crippen LogP contribution in [-0.2, 0) is 12.6 Å². The van der Waals surface area contributed by atoms with Gasteiger partial charge in [-0.2, -0.15) is 13.2 Å². The Morgan fingerprint density at radius 1 is 1.10 bits per heavy atom. The number of benzene rings is 2. The summed E-state index contributed by atoms with van der Waals surface area (Å²) in [5.41, 5.74) is 2.92. The fourth-order valence-electron chi connectivity index (χ4n) is 4.43. The van der Waals surface area contributed by atoms with Crippen molar-refractivity contribution in [3.8, 4) is 0 Å². The van der Waals surface area contributed by atoms with E-state index in [9.17, 15) is 18.0 Å². The van der Waals surface area contributed by atoms with Crippen molar-refractivity contribution in [1.29, 1.82) is 0 Å². The summed E-state index contributed by atoms with van der Waals surface area (Å²) in [6.07, 6.45) is -1.23. The number of likely N-dealkylation sites (N-methyl/N-ethyl adjacent to an activating group) is 1. The van der Waals surface area contributed by atoms with E-state index in [0.717, 1.165) is 56.6 Å². The minimum Gasteiger partial charge on any atom is -0.374 e. The van der Waals surface area contributed by atoms with Crippen molar-refractivity contribution in [3.63, 3.8) is 0 Å². The fraction of sp³-hybridized carbons (Fsp3) is 0.435. The van der Waals surface area contributed by atoms with Crippen LogP contribution in [0.15, 0.2) is 42.5 Å². The van der Waals surface area contributed by atoms with Crippen LogP contribution in [-0.4, -0.2) is 44.0 Å². The molecule has 1 atom stereocenters. The highest BCUT2D eigenvalue weighted by atomic mass is 19.4. The van der Waals surface area contributed by atoms with Crippen LogP contribution in [0.3, 0.4) is 0 Å². The molecule has 2 aliphatic heterocycles. The standard InChI is InChI=1S/C23H26F3N3O/c1-28-12-9-17-13-16(7-8-20(17)28)21(29-10-2-3-11-29)15-27-22(30)18-5-4-6-19(14-18)23(24,25)26/h4-8,13-14,21H,2-3,9-12,15H2,1H3,(H,27,30)/t21-/m0/s1. The maximum atomic E-state index is 13.0. The average molecular weight is 417 g/mol. The van der Waals surface area contributed by atoms with Gasteiger partial charge < -0.3 is 10.2 Å². The van der Waals surface area contributed by atoms with Gasteiger partial charge in [-0.1, -0.05) is 18.2 Å². The quantitative estimate of drug-likeness (QED) is 0.790. The summed E-state index contributed by atoms with van der Waals surface area (Å²) in [6.45, 7) is 3.28. The highest BCUT2D eigenvalue weighted by Gasteiger charge is 2.31. The summed E-state index contributed by atoms with van der Waals surface area (Å²) in [5.74, 6) is -0.480. The molecular formula is C23H26F3N3O. The van der Waals surface area contributed by atoms with Gasteiger partial charge in [-0.05, 0) is 67.7 Å². The van der Waals surface area contributed by atoms with Gasteiger partial charge in [0, 0.05) is 31.4 Å². The van der Waals surface area contributed by atoms with Gasteiger partial charge in [-0.3, -0.25) is 9.69 Å². The first-order chi connectivity index (χ1) is 14.3. The first kappa shape index (κ1) is 20.7. The van der Waals surface area contributed by atoms with Gasteiger partial charge in [0.1, 0.15) is 0 Å². The van der Waals surface area contributed by atoms with Crippen molar-refractivity contribution in [2.24, 2.45) is 0 Å². The Labute approximate surface area is 174 Å². The maximum Gasteiger partial charge on any atom is 0.416 e. The molecule has 0 saturated carbocycles. The van der Waals surface area contributed by atoms with Crippen LogP contribution < -0.4 is 10.2 Å². The van der Waals surface area contributed by atoms with Crippen molar-refractivity contribution in [2.45, 2.75) is 31.5 Å². The lowest BCUT2D eigenvalue weighted by molar-refractivity contribution is -0.137. The molecule has 1 N–H and O–H groups in total. The molecule has 0 aromatic heterocycles. The molecule has 2 aliphatic rings. The summed E-state index contributed by atoms with van der Waals surface area (Å²) in [6, 6.07) is 11.1. The van der Waals surface area contributed by atoms with Gasteiger partial charge in [0.25, 0.3) is 5.91 Å². The zero-order valence-corrected chi connectivity index (χ0v) is 17.0. The molecule has 2 aromatic carbocycles. The molecule has 1 saturated heterocycles. The molecule has 0 bridgehead atoms. The Bertz CT molecular complexity index is 922. The van der Waals surface area contributed by atoms with E-state index >= 15 is 0 Å². The van der Waals surface area contributed by atoms with Crippen LogP contribution in [0, 0.1) is 0 Å². The Hall–Kier alpha value is -2.54. The lowest BCUT2D eigenvalue weighted by Gasteiger charge is -2.29. The first-order valence-corrected chi connectivity index (χ1v) is 10.4. The minimum absolute atomic E-state index is 0.0125. The Morgan fingerprint density at radius 2 is 1.87 bits per heavy atom. The highest BCUT2D eigenvalue weighted by Crippen LogP contribution is 2.32. The number of carbonyl (C=O) groups excluding carboxylic acids is 1. The number of rotatable bonds is 5. The molecule has 0 aliphatic carbocycles. The van der Waals surface area contributed by atoms with Crippen LogP contribution in [0.5, 0.6) is 0 Å². The van der Waals surface area contributed by atoms with Gasteiger partial charge in [0.2, 0.25) is 0 Å². The molecular weight excluding hydrogens is 391 g/mol. The van der Waals surface area contributed by atoms with E-state index in [1.54, 1.807) is 0 Å². The molecule has 1 amide bonds. The zero-order valence-electron chi connectivity index (χ0n) is 17.0. The molecule has 7 heteroatoms. The predicted octanol–water partition coefficient (Wildman–Crippen LogP) is 4.26. The normalized spacial score (nSPS) is 17.8. The fourth-order valence-corrected chi connectivity index (χ4v) is 4.43. The second-order valence-electron chi connectivity index (χ2n) is 8.11. The number of nitrogens with one attached hydrogen (secondary N) is 1. The van der Waals surface area contributed by atoms with E-state index in [2.05, 4.69) is 40.4 Å². The first-order valence-electron chi connectivity index (χ1n) is 10.4. The van der Waals surface area contributed by atoms with E-state index in [1.165, 1.54) is 23.4 Å². The topological polar surface area (TPSA) is 35.6 Å². The maximum absolute atomic E-state index is 13.0. The number of nitrogens with zero attached hydrogens (tertiary/aromatic N) is 2. The summed E-state index contributed by atoms with van der Waals surface area (Å²) >= 11 is 0. The van der Waals surface area contributed by atoms with Gasteiger partial charge in [0.15, 0.2) is 0 Å². The van der Waals surface area contributed by atoms with E-state index in [1.807, 2.05) is 0 Å². The Kier molecular flexibility index (Phi) is 5.73. The van der Waals surface area contributed by atoms with Gasteiger partial charge >= 0.3 is 6.18 Å². The number of alkyl halides is 3. The molecule has 30 heavy (non-hydrogen) atoms. The molecule has 2 heterocycles. The van der Waals surface area contributed by atoms with Gasteiger partial charge in [0.05, 0.1) is 11.6 Å². The molecule has 0 radical (unpaired) electrons. The number of anilines is 1. The van der Waals surface area contributed by atoms with Crippen molar-refractivity contribution in [1.82, 2.24) is 10.2 Å². The second-order valence-corrected chi connectivity index (χ2v) is 8.11. The number of likely N-dealkylation sites (tertiary alicyclic amines) is 1. The van der Waals surface area contributed by atoms with Crippen LogP contribution >= 0.6 is 0 Å². The number of amides is 1. The number of carbonyl (C=O) groups is 1. The summed E-state index contributed by atoms with van der Waals surface area (Å²) < 4.78 is 38.9. The van der Waals surface area contributed by atoms with E-state index in [0.29, 0.717) is 6.54 Å². The Morgan fingerprint density at radius 3 is 2.60 bits per heavy atom. The highest BCUT2D eigenvalue weighted by molar-refractivity contribution is 5.94. The smallest absolute Gasteiger partial charge is 0.374 e. The van der Waals surface area contributed by atoms with Crippen molar-refractivity contribution < 1.29 is 18.0 Å². The average Bonchev–Trinajstić information content (AvgIpc) is 3.38. The van der Waals surface area contributed by atoms with Gasteiger partial charge in [-0.15, -0.1) is 0 Å². The van der Waals surface area contributed by atoms with Crippen LogP contribution in [0.25, 0.3) is 0 Å². The lowest BCUT2D eigenvalue weighted by atomic mass is 10.0. The molecule has 160 valence electrons. The van der Waals surface area contributed by atoms with E-state index < -0.39 is 17.6 Å². The SMILES string of the molecule is CN1CCc2cc([C@H](CNC(=O)c3cccc(C(F)(F)F)c3)N3CCCC3)ccc21. The Balaban J connectivity index is 1.52. The van der Waals surface area contributed by atoms with Gasteiger partial charge in [-0.25, -0.2) is 0 Å². The van der Waals surface area contributed by atoms with Crippen LogP contribution in [0.4, 0.5) is 18.9 Å². The minimum atomic E-state index is -4.47. The third-order valence-corrected chi connectivity index (χ3v) is 6.11. The molecule has 0 unspecified atom stereocenters. The van der Waals surface area contributed by atoms with Crippen LogP contribution in [0.2, 0.25) is 0 Å². The van der Waals surface area contributed by atoms with Crippen molar-refractivity contribution in [3.05, 3.63) is 64.7 Å². The molecule has 2 aromatic rings. The number of fused-ring (bicyclic) bond motifs is 1. The summed E-state index contributed by atoms with van der Waals surface area (Å²) in [4.78, 5) is 17.2. The lowest BCUT2D eigenvalue weighted by Crippen LogP contribution is -2.37. The monoisotopic (exact) mass is 417 g/mol. The summed E-state index contributed by atoms with van der Waals surface area (Å²) in [7, 11) is 2.08. The van der Waals surface area contributed by atoms with Crippen molar-refractivity contribution >= 4 is 11.6 Å². The second kappa shape index (κ2) is 8.30. The zero-order chi connectivity index (χ0) is 21.3. The largest absolute Gasteiger partial charge is 0.416 e. The van der Waals surface area contributed by atoms with Crippen molar-refractivity contribution in [2.75, 3.05) is 38.1 Å². The third kappa shape index (κ3) is 4.31.